The van der Waals surface area contributed by atoms with Gasteiger partial charge in [0, 0.05) is 24.2 Å². The molecule has 0 spiro atoms. The molecule has 4 nitrogen and oxygen atoms in total. The standard InChI is InChI=1S/C10H16N4/c11-10-6-9(13-7-14-10)5-8-3-1-2-4-12-8/h6-8,12H,1-5H2,(H2,11,13,14). The molecule has 0 bridgehead atoms. The predicted octanol–water partition coefficient (Wildman–Crippen LogP) is 0.743. The molecule has 1 aromatic rings. The van der Waals surface area contributed by atoms with Gasteiger partial charge < -0.3 is 11.1 Å². The lowest BCUT2D eigenvalue weighted by atomic mass is 10.0. The first-order chi connectivity index (χ1) is 6.84. The first kappa shape index (κ1) is 9.40. The largest absolute Gasteiger partial charge is 0.384 e. The molecule has 2 rings (SSSR count). The SMILES string of the molecule is Nc1cc(CC2CCCCN2)ncn1. The van der Waals surface area contributed by atoms with Gasteiger partial charge in [0.2, 0.25) is 0 Å². The lowest BCUT2D eigenvalue weighted by molar-refractivity contribution is 0.397. The first-order valence-electron chi connectivity index (χ1n) is 5.14. The summed E-state index contributed by atoms with van der Waals surface area (Å²) in [5.41, 5.74) is 6.63. The molecule has 2 heterocycles. The smallest absolute Gasteiger partial charge is 0.126 e. The molecular weight excluding hydrogens is 176 g/mol. The van der Waals surface area contributed by atoms with Crippen molar-refractivity contribution >= 4 is 5.82 Å². The van der Waals surface area contributed by atoms with Crippen LogP contribution in [0, 0.1) is 0 Å². The Morgan fingerprint density at radius 1 is 1.43 bits per heavy atom. The first-order valence-corrected chi connectivity index (χ1v) is 5.14. The number of rotatable bonds is 2. The van der Waals surface area contributed by atoms with Crippen LogP contribution in [-0.4, -0.2) is 22.6 Å². The maximum atomic E-state index is 5.59. The third-order valence-corrected chi connectivity index (χ3v) is 2.61. The molecule has 14 heavy (non-hydrogen) atoms. The monoisotopic (exact) mass is 192 g/mol. The molecule has 0 aromatic carbocycles. The van der Waals surface area contributed by atoms with Crippen molar-refractivity contribution in [3.05, 3.63) is 18.1 Å². The summed E-state index contributed by atoms with van der Waals surface area (Å²) in [7, 11) is 0. The van der Waals surface area contributed by atoms with E-state index in [1.165, 1.54) is 25.6 Å². The Morgan fingerprint density at radius 2 is 2.36 bits per heavy atom. The lowest BCUT2D eigenvalue weighted by Crippen LogP contribution is -2.35. The van der Waals surface area contributed by atoms with Crippen molar-refractivity contribution in [2.24, 2.45) is 0 Å². The fourth-order valence-corrected chi connectivity index (χ4v) is 1.88. The second-order valence-electron chi connectivity index (χ2n) is 3.79. The number of anilines is 1. The maximum Gasteiger partial charge on any atom is 0.126 e. The van der Waals surface area contributed by atoms with Crippen LogP contribution in [0.5, 0.6) is 0 Å². The van der Waals surface area contributed by atoms with E-state index < -0.39 is 0 Å². The molecule has 1 aliphatic heterocycles. The molecule has 0 amide bonds. The van der Waals surface area contributed by atoms with E-state index in [2.05, 4.69) is 15.3 Å². The van der Waals surface area contributed by atoms with Gasteiger partial charge in [-0.2, -0.15) is 0 Å². The van der Waals surface area contributed by atoms with Crippen LogP contribution in [0.1, 0.15) is 25.0 Å². The number of nitrogens with zero attached hydrogens (tertiary/aromatic N) is 2. The molecule has 3 N–H and O–H groups in total. The second kappa shape index (κ2) is 4.37. The molecule has 0 aliphatic carbocycles. The van der Waals surface area contributed by atoms with Crippen LogP contribution >= 0.6 is 0 Å². The Kier molecular flexibility index (Phi) is 2.93. The van der Waals surface area contributed by atoms with Crippen LogP contribution in [0.2, 0.25) is 0 Å². The summed E-state index contributed by atoms with van der Waals surface area (Å²) in [6.45, 7) is 1.13. The zero-order valence-electron chi connectivity index (χ0n) is 8.24. The van der Waals surface area contributed by atoms with Crippen molar-refractivity contribution in [3.63, 3.8) is 0 Å². The Morgan fingerprint density at radius 3 is 3.07 bits per heavy atom. The van der Waals surface area contributed by atoms with E-state index >= 15 is 0 Å². The maximum absolute atomic E-state index is 5.59. The molecule has 1 aliphatic rings. The number of hydrogen-bond donors (Lipinski definition) is 2. The zero-order chi connectivity index (χ0) is 9.80. The molecule has 0 radical (unpaired) electrons. The molecule has 76 valence electrons. The van der Waals surface area contributed by atoms with Gasteiger partial charge in [0.1, 0.15) is 12.1 Å². The summed E-state index contributed by atoms with van der Waals surface area (Å²) in [6.07, 6.45) is 6.35. The van der Waals surface area contributed by atoms with E-state index in [0.717, 1.165) is 18.7 Å². The summed E-state index contributed by atoms with van der Waals surface area (Å²) in [6, 6.07) is 2.43. The fourth-order valence-electron chi connectivity index (χ4n) is 1.88. The van der Waals surface area contributed by atoms with E-state index in [1.807, 2.05) is 6.07 Å². The van der Waals surface area contributed by atoms with Crippen LogP contribution in [0.25, 0.3) is 0 Å². The minimum Gasteiger partial charge on any atom is -0.384 e. The Labute approximate surface area is 83.9 Å². The quantitative estimate of drug-likeness (QED) is 0.725. The van der Waals surface area contributed by atoms with Gasteiger partial charge in [0.15, 0.2) is 0 Å². The highest BCUT2D eigenvalue weighted by atomic mass is 14.9. The Bertz CT molecular complexity index is 294. The van der Waals surface area contributed by atoms with Crippen molar-refractivity contribution in [2.45, 2.75) is 31.7 Å². The highest BCUT2D eigenvalue weighted by Gasteiger charge is 2.13. The highest BCUT2D eigenvalue weighted by molar-refractivity contribution is 5.28. The fraction of sp³-hybridized carbons (Fsp3) is 0.600. The molecule has 1 saturated heterocycles. The second-order valence-corrected chi connectivity index (χ2v) is 3.79. The number of nitrogens with two attached hydrogens (primary N) is 1. The van der Waals surface area contributed by atoms with Crippen LogP contribution < -0.4 is 11.1 Å². The lowest BCUT2D eigenvalue weighted by Gasteiger charge is -2.22. The highest BCUT2D eigenvalue weighted by Crippen LogP contribution is 2.11. The molecule has 1 atom stereocenters. The summed E-state index contributed by atoms with van der Waals surface area (Å²) in [5.74, 6) is 0.561. The van der Waals surface area contributed by atoms with Crippen LogP contribution in [0.3, 0.4) is 0 Å². The van der Waals surface area contributed by atoms with Gasteiger partial charge in [-0.25, -0.2) is 9.97 Å². The summed E-state index contributed by atoms with van der Waals surface area (Å²) in [5, 5.41) is 3.49. The summed E-state index contributed by atoms with van der Waals surface area (Å²) >= 11 is 0. The number of hydrogen-bond acceptors (Lipinski definition) is 4. The van der Waals surface area contributed by atoms with E-state index in [4.69, 9.17) is 5.73 Å². The Balaban J connectivity index is 1.95. The normalized spacial score (nSPS) is 22.1. The molecule has 1 fully saturated rings. The van der Waals surface area contributed by atoms with E-state index in [0.29, 0.717) is 11.9 Å². The van der Waals surface area contributed by atoms with Gasteiger partial charge in [0.25, 0.3) is 0 Å². The third kappa shape index (κ3) is 2.42. The summed E-state index contributed by atoms with van der Waals surface area (Å²) in [4.78, 5) is 8.08. The number of nitrogens with one attached hydrogen (secondary N) is 1. The van der Waals surface area contributed by atoms with E-state index in [9.17, 15) is 0 Å². The zero-order valence-corrected chi connectivity index (χ0v) is 8.24. The van der Waals surface area contributed by atoms with Gasteiger partial charge in [-0.1, -0.05) is 6.42 Å². The molecule has 0 saturated carbocycles. The summed E-state index contributed by atoms with van der Waals surface area (Å²) < 4.78 is 0. The van der Waals surface area contributed by atoms with Crippen molar-refractivity contribution in [3.8, 4) is 0 Å². The van der Waals surface area contributed by atoms with E-state index in [1.54, 1.807) is 0 Å². The number of piperidine rings is 1. The van der Waals surface area contributed by atoms with Crippen molar-refractivity contribution < 1.29 is 0 Å². The van der Waals surface area contributed by atoms with Gasteiger partial charge in [-0.05, 0) is 19.4 Å². The van der Waals surface area contributed by atoms with Crippen molar-refractivity contribution in [1.29, 1.82) is 0 Å². The van der Waals surface area contributed by atoms with Crippen molar-refractivity contribution in [2.75, 3.05) is 12.3 Å². The van der Waals surface area contributed by atoms with Gasteiger partial charge >= 0.3 is 0 Å². The number of nitrogen functional groups attached to an aromatic ring is 1. The van der Waals surface area contributed by atoms with Crippen LogP contribution in [0.15, 0.2) is 12.4 Å². The van der Waals surface area contributed by atoms with Crippen LogP contribution in [0.4, 0.5) is 5.82 Å². The predicted molar refractivity (Wildman–Crippen MR) is 55.8 cm³/mol. The van der Waals surface area contributed by atoms with Gasteiger partial charge in [0.05, 0.1) is 0 Å². The molecular formula is C10H16N4. The van der Waals surface area contributed by atoms with E-state index in [-0.39, 0.29) is 0 Å². The molecule has 1 unspecified atom stereocenters. The molecule has 1 aromatic heterocycles. The molecule has 4 heteroatoms. The van der Waals surface area contributed by atoms with Crippen LogP contribution in [-0.2, 0) is 6.42 Å². The van der Waals surface area contributed by atoms with Gasteiger partial charge in [-0.15, -0.1) is 0 Å². The minimum absolute atomic E-state index is 0.561. The van der Waals surface area contributed by atoms with Crippen molar-refractivity contribution in [1.82, 2.24) is 15.3 Å². The third-order valence-electron chi connectivity index (χ3n) is 2.61. The average Bonchev–Trinajstić information content (AvgIpc) is 2.19. The minimum atomic E-state index is 0.561. The topological polar surface area (TPSA) is 63.8 Å². The number of aromatic nitrogens is 2. The average molecular weight is 192 g/mol. The Hall–Kier alpha value is -1.16. The van der Waals surface area contributed by atoms with Gasteiger partial charge in [-0.3, -0.25) is 0 Å².